The molecule has 1 aromatic heterocycles. The van der Waals surface area contributed by atoms with E-state index in [0.717, 1.165) is 0 Å². The first-order valence-corrected chi connectivity index (χ1v) is 14.0. The highest BCUT2D eigenvalue weighted by Gasteiger charge is 2.51. The summed E-state index contributed by atoms with van der Waals surface area (Å²) in [5, 5.41) is 0. The number of carbonyl (C=O) groups is 2. The molecule has 198 valence electrons. The molecule has 0 aromatic carbocycles. The molecular weight excluding hydrogens is 483 g/mol. The van der Waals surface area contributed by atoms with Crippen LogP contribution in [0.1, 0.15) is 31.6 Å². The summed E-state index contributed by atoms with van der Waals surface area (Å²) >= 11 is 0. The molecule has 12 nitrogen and oxygen atoms in total. The molecule has 1 aromatic rings. The van der Waals surface area contributed by atoms with Crippen molar-refractivity contribution in [3.63, 3.8) is 0 Å². The summed E-state index contributed by atoms with van der Waals surface area (Å²) in [5.74, 6) is -1.58. The number of ether oxygens (including phenoxy) is 5. The maximum absolute atomic E-state index is 12.6. The number of esters is 2. The highest BCUT2D eigenvalue weighted by atomic mass is 31.2. The van der Waals surface area contributed by atoms with Gasteiger partial charge in [-0.05, 0) is 26.2 Å². The standard InChI is InChI=1S/C22H35N2O10P/c1-13-11-24(22(28)23-20(13)27)21-19(32-10-9-30-3)18(33-16(26)8-7-15(25)31-4)17(34-21)14(2)12-35(5,6)29/h11,14,17-19,21H,7-10,12H2,1-6H3,(H,23,27,28)/t14-,17-,18-,19-,21-/m1/s1. The maximum atomic E-state index is 12.6. The summed E-state index contributed by atoms with van der Waals surface area (Å²) in [5.41, 5.74) is -0.972. The monoisotopic (exact) mass is 518 g/mol. The number of hydrogen-bond acceptors (Lipinski definition) is 10. The lowest BCUT2D eigenvalue weighted by atomic mass is 9.99. The number of aryl methyl sites for hydroxylation is 1. The van der Waals surface area contributed by atoms with Gasteiger partial charge in [-0.1, -0.05) is 6.92 Å². The summed E-state index contributed by atoms with van der Waals surface area (Å²) in [6, 6.07) is 0. The minimum absolute atomic E-state index is 0.107. The van der Waals surface area contributed by atoms with Gasteiger partial charge in [0.25, 0.3) is 5.56 Å². The van der Waals surface area contributed by atoms with E-state index in [1.165, 1.54) is 25.0 Å². The quantitative estimate of drug-likeness (QED) is 0.240. The Morgan fingerprint density at radius 1 is 1.14 bits per heavy atom. The Morgan fingerprint density at radius 2 is 1.80 bits per heavy atom. The van der Waals surface area contributed by atoms with Crippen LogP contribution < -0.4 is 11.2 Å². The van der Waals surface area contributed by atoms with Crippen molar-refractivity contribution in [1.82, 2.24) is 9.55 Å². The van der Waals surface area contributed by atoms with Gasteiger partial charge < -0.3 is 28.2 Å². The lowest BCUT2D eigenvalue weighted by Crippen LogP contribution is -2.43. The van der Waals surface area contributed by atoms with E-state index < -0.39 is 54.9 Å². The van der Waals surface area contributed by atoms with Gasteiger partial charge in [-0.15, -0.1) is 0 Å². The Kier molecular flexibility index (Phi) is 10.4. The largest absolute Gasteiger partial charge is 0.469 e. The second kappa shape index (κ2) is 12.6. The first kappa shape index (κ1) is 29.0. The van der Waals surface area contributed by atoms with Crippen molar-refractivity contribution in [3.05, 3.63) is 32.6 Å². The van der Waals surface area contributed by atoms with Crippen LogP contribution in [0.2, 0.25) is 0 Å². The first-order valence-electron chi connectivity index (χ1n) is 11.3. The lowest BCUT2D eigenvalue weighted by molar-refractivity contribution is -0.161. The van der Waals surface area contributed by atoms with Crippen molar-refractivity contribution in [1.29, 1.82) is 0 Å². The van der Waals surface area contributed by atoms with E-state index in [-0.39, 0.29) is 37.5 Å². The van der Waals surface area contributed by atoms with Gasteiger partial charge in [0, 0.05) is 25.0 Å². The molecule has 0 aliphatic carbocycles. The third-order valence-corrected chi connectivity index (χ3v) is 7.02. The zero-order chi connectivity index (χ0) is 26.3. The van der Waals surface area contributed by atoms with Gasteiger partial charge >= 0.3 is 17.6 Å². The van der Waals surface area contributed by atoms with Crippen molar-refractivity contribution in [2.75, 3.05) is 46.9 Å². The number of nitrogens with zero attached hydrogens (tertiary/aromatic N) is 1. The maximum Gasteiger partial charge on any atom is 0.330 e. The number of H-pyrrole nitrogens is 1. The van der Waals surface area contributed by atoms with Crippen LogP contribution in [0.3, 0.4) is 0 Å². The second-order valence-corrected chi connectivity index (χ2v) is 12.6. The fraction of sp³-hybridized carbons (Fsp3) is 0.727. The number of rotatable bonds is 12. The third-order valence-electron chi connectivity index (χ3n) is 5.56. The zero-order valence-electron chi connectivity index (χ0n) is 21.0. The summed E-state index contributed by atoms with van der Waals surface area (Å²) in [7, 11) is 0.233. The van der Waals surface area contributed by atoms with Gasteiger partial charge in [-0.2, -0.15) is 0 Å². The molecule has 0 unspecified atom stereocenters. The summed E-state index contributed by atoms with van der Waals surface area (Å²) in [6.45, 7) is 6.99. The van der Waals surface area contributed by atoms with E-state index in [9.17, 15) is 23.7 Å². The third kappa shape index (κ3) is 8.13. The second-order valence-electron chi connectivity index (χ2n) is 9.06. The minimum atomic E-state index is -2.48. The predicted molar refractivity (Wildman–Crippen MR) is 126 cm³/mol. The molecule has 13 heteroatoms. The van der Waals surface area contributed by atoms with Crippen LogP contribution in [0.5, 0.6) is 0 Å². The van der Waals surface area contributed by atoms with E-state index in [0.29, 0.717) is 6.16 Å². The molecule has 5 atom stereocenters. The first-order chi connectivity index (χ1) is 16.4. The Labute approximate surface area is 203 Å². The van der Waals surface area contributed by atoms with Crippen molar-refractivity contribution >= 4 is 19.1 Å². The van der Waals surface area contributed by atoms with E-state index >= 15 is 0 Å². The molecule has 0 bridgehead atoms. The van der Waals surface area contributed by atoms with E-state index in [2.05, 4.69) is 9.72 Å². The van der Waals surface area contributed by atoms with Crippen LogP contribution in [0, 0.1) is 12.8 Å². The summed E-state index contributed by atoms with van der Waals surface area (Å²) in [6.07, 6.45) is -2.50. The molecule has 2 rings (SSSR count). The normalized spacial score (nSPS) is 23.1. The number of hydrogen-bond donors (Lipinski definition) is 1. The molecule has 1 saturated heterocycles. The molecule has 1 fully saturated rings. The zero-order valence-corrected chi connectivity index (χ0v) is 21.9. The molecule has 0 saturated carbocycles. The van der Waals surface area contributed by atoms with Crippen molar-refractivity contribution < 1.29 is 37.8 Å². The Balaban J connectivity index is 2.45. The van der Waals surface area contributed by atoms with Gasteiger partial charge in [0.05, 0.1) is 40.3 Å². The number of nitrogens with one attached hydrogen (secondary N) is 1. The van der Waals surface area contributed by atoms with Gasteiger partial charge in [0.15, 0.2) is 12.3 Å². The van der Waals surface area contributed by atoms with E-state index in [1.807, 2.05) is 6.92 Å². The number of aromatic amines is 1. The Morgan fingerprint density at radius 3 is 2.40 bits per heavy atom. The van der Waals surface area contributed by atoms with Crippen LogP contribution in [-0.2, 0) is 37.8 Å². The Hall–Kier alpha value is -2.27. The van der Waals surface area contributed by atoms with Crippen LogP contribution in [0.4, 0.5) is 0 Å². The SMILES string of the molecule is COCCO[C@@H]1[C@H](OC(=O)CCC(=O)OC)[C@@H]([C@H](C)CP(C)(C)=O)O[C@H]1n1cc(C)c(=O)[nH]c1=O. The fourth-order valence-electron chi connectivity index (χ4n) is 4.02. The van der Waals surface area contributed by atoms with E-state index in [4.69, 9.17) is 18.9 Å². The Bertz CT molecular complexity index is 1050. The van der Waals surface area contributed by atoms with Crippen molar-refractivity contribution in [2.24, 2.45) is 5.92 Å². The fourth-order valence-corrected chi connectivity index (χ4v) is 5.61. The van der Waals surface area contributed by atoms with Crippen LogP contribution in [-0.4, -0.2) is 86.7 Å². The van der Waals surface area contributed by atoms with Crippen LogP contribution in [0.25, 0.3) is 0 Å². The van der Waals surface area contributed by atoms with Gasteiger partial charge in [0.1, 0.15) is 12.2 Å². The average molecular weight is 519 g/mol. The van der Waals surface area contributed by atoms with Gasteiger partial charge in [0.2, 0.25) is 0 Å². The predicted octanol–water partition coefficient (Wildman–Crippen LogP) is 0.898. The number of aromatic nitrogens is 2. The molecule has 1 aliphatic heterocycles. The molecule has 1 aliphatic rings. The molecule has 0 spiro atoms. The number of carbonyl (C=O) groups excluding carboxylic acids is 2. The smallest absolute Gasteiger partial charge is 0.330 e. The molecule has 2 heterocycles. The molecule has 0 amide bonds. The van der Waals surface area contributed by atoms with Crippen molar-refractivity contribution in [2.45, 2.75) is 51.2 Å². The van der Waals surface area contributed by atoms with Crippen LogP contribution >= 0.6 is 7.14 Å². The van der Waals surface area contributed by atoms with Gasteiger partial charge in [-0.3, -0.25) is 23.9 Å². The molecule has 35 heavy (non-hydrogen) atoms. The summed E-state index contributed by atoms with van der Waals surface area (Å²) < 4.78 is 41.3. The minimum Gasteiger partial charge on any atom is -0.469 e. The van der Waals surface area contributed by atoms with Crippen molar-refractivity contribution in [3.8, 4) is 0 Å². The summed E-state index contributed by atoms with van der Waals surface area (Å²) in [4.78, 5) is 50.9. The number of methoxy groups -OCH3 is 2. The molecule has 0 radical (unpaired) electrons. The van der Waals surface area contributed by atoms with Gasteiger partial charge in [-0.25, -0.2) is 4.79 Å². The highest BCUT2D eigenvalue weighted by molar-refractivity contribution is 7.62. The molecule has 1 N–H and O–H groups in total. The topological polar surface area (TPSA) is 152 Å². The molecular formula is C22H35N2O10P. The highest BCUT2D eigenvalue weighted by Crippen LogP contribution is 2.43. The van der Waals surface area contributed by atoms with Crippen LogP contribution in [0.15, 0.2) is 15.8 Å². The van der Waals surface area contributed by atoms with E-state index in [1.54, 1.807) is 20.3 Å². The average Bonchev–Trinajstić information content (AvgIpc) is 3.11. The lowest BCUT2D eigenvalue weighted by Gasteiger charge is -2.28.